The van der Waals surface area contributed by atoms with Gasteiger partial charge in [-0.2, -0.15) is 6.07 Å². The van der Waals surface area contributed by atoms with Crippen molar-refractivity contribution in [2.75, 3.05) is 0 Å². The van der Waals surface area contributed by atoms with Crippen LogP contribution in [0.3, 0.4) is 0 Å². The standard InChI is InChI=1S/C44H28N4O.Pd/c1-27-11-9-12-28(2)42(27)35-15-10-14-34-31-22-20-29(25-36(31)44-46-37-16-4-6-18-39(37)48(44)43(34)35)49-30-21-23-33-32-13-3-5-17-38(32)47(40(33)26-30)41-19-7-8-24-45-41;/h3-24H,1-2H3;/q-2;+2. The molecule has 0 aliphatic heterocycles. The van der Waals surface area contributed by atoms with Gasteiger partial charge in [0.1, 0.15) is 5.82 Å². The molecule has 0 saturated carbocycles. The van der Waals surface area contributed by atoms with Gasteiger partial charge < -0.3 is 13.7 Å². The summed E-state index contributed by atoms with van der Waals surface area (Å²) in [5.41, 5.74) is 10.9. The molecule has 0 aliphatic rings. The number of rotatable bonds is 4. The third-order valence-electron chi connectivity index (χ3n) is 9.66. The van der Waals surface area contributed by atoms with E-state index >= 15 is 0 Å². The maximum atomic E-state index is 6.56. The van der Waals surface area contributed by atoms with Crippen molar-refractivity contribution in [3.63, 3.8) is 0 Å². The van der Waals surface area contributed by atoms with Gasteiger partial charge in [-0.25, -0.2) is 4.98 Å². The Hall–Kier alpha value is -5.80. The van der Waals surface area contributed by atoms with E-state index in [0.717, 1.165) is 66.0 Å². The summed E-state index contributed by atoms with van der Waals surface area (Å²) >= 11 is 0. The van der Waals surface area contributed by atoms with Gasteiger partial charge in [0, 0.05) is 34.3 Å². The Labute approximate surface area is 302 Å². The van der Waals surface area contributed by atoms with Crippen LogP contribution in [0.4, 0.5) is 0 Å². The Morgan fingerprint density at radius 3 is 2.12 bits per heavy atom. The summed E-state index contributed by atoms with van der Waals surface area (Å²) in [6, 6.07) is 51.2. The fourth-order valence-electron chi connectivity index (χ4n) is 7.57. The molecular weight excluding hydrogens is 707 g/mol. The molecule has 10 aromatic rings. The Bertz CT molecular complexity index is 2920. The van der Waals surface area contributed by atoms with Crippen LogP contribution in [-0.4, -0.2) is 18.9 Å². The van der Waals surface area contributed by atoms with E-state index in [1.54, 1.807) is 0 Å². The summed E-state index contributed by atoms with van der Waals surface area (Å²) in [5, 5.41) is 5.36. The van der Waals surface area contributed by atoms with Crippen LogP contribution in [0.25, 0.3) is 77.1 Å². The average Bonchev–Trinajstić information content (AvgIpc) is 3.68. The molecule has 6 aromatic carbocycles. The quantitative estimate of drug-likeness (QED) is 0.103. The first kappa shape index (κ1) is 30.3. The van der Waals surface area contributed by atoms with Crippen molar-refractivity contribution in [3.8, 4) is 28.4 Å². The van der Waals surface area contributed by atoms with E-state index in [0.29, 0.717) is 11.5 Å². The molecule has 0 saturated heterocycles. The van der Waals surface area contributed by atoms with Gasteiger partial charge >= 0.3 is 20.4 Å². The number of nitrogens with zero attached hydrogens (tertiary/aromatic N) is 4. The van der Waals surface area contributed by atoms with E-state index < -0.39 is 0 Å². The molecule has 0 fully saturated rings. The summed E-state index contributed by atoms with van der Waals surface area (Å²) in [6.45, 7) is 4.38. The molecular formula is C44H28N4OPd. The van der Waals surface area contributed by atoms with Gasteiger partial charge in [-0.15, -0.1) is 29.7 Å². The van der Waals surface area contributed by atoms with Gasteiger partial charge in [0.05, 0.1) is 16.7 Å². The number of aryl methyl sites for hydroxylation is 2. The number of pyridine rings is 2. The van der Waals surface area contributed by atoms with Gasteiger partial charge in [-0.1, -0.05) is 95.2 Å². The molecule has 0 amide bonds. The smallest absolute Gasteiger partial charge is 0.503 e. The van der Waals surface area contributed by atoms with E-state index in [-0.39, 0.29) is 20.4 Å². The van der Waals surface area contributed by atoms with Gasteiger partial charge in [-0.05, 0) is 71.6 Å². The number of imidazole rings is 1. The molecule has 6 heteroatoms. The molecule has 0 aliphatic carbocycles. The van der Waals surface area contributed by atoms with Gasteiger partial charge in [-0.3, -0.25) is 4.98 Å². The number of benzene rings is 6. The van der Waals surface area contributed by atoms with Crippen molar-refractivity contribution in [1.82, 2.24) is 18.9 Å². The zero-order valence-electron chi connectivity index (χ0n) is 27.2. The van der Waals surface area contributed by atoms with Crippen molar-refractivity contribution in [2.45, 2.75) is 13.8 Å². The first-order valence-electron chi connectivity index (χ1n) is 16.4. The molecule has 0 bridgehead atoms. The van der Waals surface area contributed by atoms with E-state index in [9.17, 15) is 0 Å². The number of ether oxygens (including phenoxy) is 1. The maximum Gasteiger partial charge on any atom is 2.00 e. The van der Waals surface area contributed by atoms with Crippen LogP contribution in [0.15, 0.2) is 134 Å². The molecule has 50 heavy (non-hydrogen) atoms. The van der Waals surface area contributed by atoms with Crippen LogP contribution in [0, 0.1) is 26.0 Å². The Morgan fingerprint density at radius 2 is 1.30 bits per heavy atom. The zero-order valence-corrected chi connectivity index (χ0v) is 28.8. The van der Waals surface area contributed by atoms with Crippen LogP contribution < -0.4 is 4.74 Å². The van der Waals surface area contributed by atoms with Crippen LogP contribution in [0.1, 0.15) is 11.1 Å². The largest absolute Gasteiger partial charge is 2.00 e. The van der Waals surface area contributed by atoms with Crippen molar-refractivity contribution in [1.29, 1.82) is 0 Å². The van der Waals surface area contributed by atoms with Crippen molar-refractivity contribution in [2.24, 2.45) is 0 Å². The third-order valence-corrected chi connectivity index (χ3v) is 9.66. The third kappa shape index (κ3) is 4.50. The minimum absolute atomic E-state index is 0. The second-order valence-electron chi connectivity index (χ2n) is 12.6. The minimum Gasteiger partial charge on any atom is -0.503 e. The van der Waals surface area contributed by atoms with Crippen molar-refractivity contribution >= 4 is 60.2 Å². The summed E-state index contributed by atoms with van der Waals surface area (Å²) < 4.78 is 11.0. The SMILES string of the molecule is Cc1cccc(C)c1-c1cccc2c3ccc(Oc4[c-]c5c(cc4)c4ccccc4n5-c4ccccn4)[c-]c3c3nc4ccccc4n3c12.[Pd+2]. The number of fused-ring (bicyclic) bond motifs is 11. The minimum atomic E-state index is 0. The van der Waals surface area contributed by atoms with Crippen LogP contribution in [-0.2, 0) is 20.4 Å². The number of para-hydroxylation sites is 4. The first-order chi connectivity index (χ1) is 24.1. The summed E-state index contributed by atoms with van der Waals surface area (Å²) in [6.07, 6.45) is 1.81. The second kappa shape index (κ2) is 11.7. The van der Waals surface area contributed by atoms with Crippen LogP contribution in [0.5, 0.6) is 11.5 Å². The normalized spacial score (nSPS) is 11.6. The van der Waals surface area contributed by atoms with Gasteiger partial charge in [0.2, 0.25) is 0 Å². The van der Waals surface area contributed by atoms with E-state index in [1.165, 1.54) is 22.3 Å². The molecule has 240 valence electrons. The Morgan fingerprint density at radius 1 is 0.600 bits per heavy atom. The van der Waals surface area contributed by atoms with Crippen molar-refractivity contribution in [3.05, 3.63) is 157 Å². The fraction of sp³-hybridized carbons (Fsp3) is 0.0455. The van der Waals surface area contributed by atoms with Crippen LogP contribution in [0.2, 0.25) is 0 Å². The molecule has 4 heterocycles. The number of aromatic nitrogens is 4. The number of hydrogen-bond donors (Lipinski definition) is 0. The molecule has 0 unspecified atom stereocenters. The van der Waals surface area contributed by atoms with Gasteiger partial charge in [0.15, 0.2) is 0 Å². The Kier molecular flexibility index (Phi) is 7.07. The van der Waals surface area contributed by atoms with Crippen LogP contribution >= 0.6 is 0 Å². The average molecular weight is 735 g/mol. The molecule has 0 radical (unpaired) electrons. The monoisotopic (exact) mass is 734 g/mol. The summed E-state index contributed by atoms with van der Waals surface area (Å²) in [7, 11) is 0. The Balaban J connectivity index is 0.00000336. The van der Waals surface area contributed by atoms with Gasteiger partial charge in [0.25, 0.3) is 0 Å². The predicted octanol–water partition coefficient (Wildman–Crippen LogP) is 11.0. The van der Waals surface area contributed by atoms with E-state index in [4.69, 9.17) is 9.72 Å². The molecule has 0 N–H and O–H groups in total. The maximum absolute atomic E-state index is 6.56. The molecule has 10 rings (SSSR count). The topological polar surface area (TPSA) is 44.3 Å². The molecule has 4 aromatic heterocycles. The van der Waals surface area contributed by atoms with Crippen molar-refractivity contribution < 1.29 is 25.2 Å². The fourth-order valence-corrected chi connectivity index (χ4v) is 7.57. The summed E-state index contributed by atoms with van der Waals surface area (Å²) in [4.78, 5) is 9.85. The summed E-state index contributed by atoms with van der Waals surface area (Å²) in [5.74, 6) is 2.04. The molecule has 0 spiro atoms. The first-order valence-corrected chi connectivity index (χ1v) is 16.4. The molecule has 0 atom stereocenters. The zero-order chi connectivity index (χ0) is 32.6. The predicted molar refractivity (Wildman–Crippen MR) is 199 cm³/mol. The van der Waals surface area contributed by atoms with E-state index in [1.807, 2.05) is 42.6 Å². The second-order valence-corrected chi connectivity index (χ2v) is 12.6. The number of hydrogen-bond acceptors (Lipinski definition) is 3. The molecule has 5 nitrogen and oxygen atoms in total. The van der Waals surface area contributed by atoms with E-state index in [2.05, 4.69) is 131 Å².